The van der Waals surface area contributed by atoms with Crippen molar-refractivity contribution in [1.29, 1.82) is 0 Å². The van der Waals surface area contributed by atoms with Crippen molar-refractivity contribution in [3.05, 3.63) is 35.6 Å². The summed E-state index contributed by atoms with van der Waals surface area (Å²) < 4.78 is 37.1. The molecule has 1 aromatic rings. The van der Waals surface area contributed by atoms with Crippen LogP contribution >= 0.6 is 11.8 Å². The molecule has 21 heavy (non-hydrogen) atoms. The minimum absolute atomic E-state index is 0.00714. The summed E-state index contributed by atoms with van der Waals surface area (Å²) >= 11 is 1.58. The first-order valence-electron chi connectivity index (χ1n) is 6.63. The predicted molar refractivity (Wildman–Crippen MR) is 82.6 cm³/mol. The zero-order valence-electron chi connectivity index (χ0n) is 11.8. The monoisotopic (exact) mass is 331 g/mol. The molecule has 0 bridgehead atoms. The van der Waals surface area contributed by atoms with Crippen LogP contribution in [0.15, 0.2) is 24.3 Å². The number of rotatable bonds is 5. The lowest BCUT2D eigenvalue weighted by molar-refractivity contribution is -0.119. The summed E-state index contributed by atoms with van der Waals surface area (Å²) in [5, 5.41) is -0.624. The fraction of sp³-hybridized carbons (Fsp3) is 0.500. The van der Waals surface area contributed by atoms with Gasteiger partial charge in [-0.25, -0.2) is 12.8 Å². The van der Waals surface area contributed by atoms with E-state index in [1.54, 1.807) is 34.9 Å². The standard InChI is InChI=1S/C14H18FNO3S2/c1-21(18,19)14-10-20-7-6-16(14)9-12(17)8-11-4-2-3-5-13(11)15/h2-5,14H,6-10H2,1H3. The molecule has 0 saturated carbocycles. The Balaban J connectivity index is 2.02. The van der Waals surface area contributed by atoms with E-state index < -0.39 is 21.0 Å². The average molecular weight is 331 g/mol. The molecule has 1 unspecified atom stereocenters. The first-order valence-corrected chi connectivity index (χ1v) is 9.74. The Labute approximate surface area is 128 Å². The number of thioether (sulfide) groups is 1. The zero-order valence-corrected chi connectivity index (χ0v) is 13.4. The Morgan fingerprint density at radius 1 is 1.43 bits per heavy atom. The smallest absolute Gasteiger partial charge is 0.164 e. The van der Waals surface area contributed by atoms with Crippen molar-refractivity contribution in [3.8, 4) is 0 Å². The van der Waals surface area contributed by atoms with Gasteiger partial charge in [0.2, 0.25) is 0 Å². The second-order valence-corrected chi connectivity index (χ2v) is 8.49. The van der Waals surface area contributed by atoms with E-state index in [1.165, 1.54) is 12.3 Å². The van der Waals surface area contributed by atoms with Gasteiger partial charge in [0.25, 0.3) is 0 Å². The molecule has 0 spiro atoms. The van der Waals surface area contributed by atoms with Gasteiger partial charge in [-0.1, -0.05) is 18.2 Å². The topological polar surface area (TPSA) is 54.5 Å². The maximum Gasteiger partial charge on any atom is 0.164 e. The van der Waals surface area contributed by atoms with Crippen molar-refractivity contribution in [2.45, 2.75) is 11.8 Å². The van der Waals surface area contributed by atoms with Crippen LogP contribution in [0.1, 0.15) is 5.56 Å². The summed E-state index contributed by atoms with van der Waals surface area (Å²) in [6, 6.07) is 6.15. The second kappa shape index (κ2) is 6.89. The fourth-order valence-corrected chi connectivity index (χ4v) is 5.27. The van der Waals surface area contributed by atoms with Crippen molar-refractivity contribution >= 4 is 27.4 Å². The van der Waals surface area contributed by atoms with Crippen LogP contribution in [-0.2, 0) is 21.1 Å². The van der Waals surface area contributed by atoms with E-state index >= 15 is 0 Å². The first kappa shape index (κ1) is 16.5. The molecule has 1 fully saturated rings. The average Bonchev–Trinajstić information content (AvgIpc) is 2.41. The van der Waals surface area contributed by atoms with Gasteiger partial charge in [0.05, 0.1) is 6.54 Å². The molecule has 4 nitrogen and oxygen atoms in total. The van der Waals surface area contributed by atoms with Gasteiger partial charge in [-0.2, -0.15) is 11.8 Å². The van der Waals surface area contributed by atoms with Crippen molar-refractivity contribution in [2.75, 3.05) is 30.9 Å². The van der Waals surface area contributed by atoms with Gasteiger partial charge < -0.3 is 0 Å². The van der Waals surface area contributed by atoms with Crippen LogP contribution in [0.4, 0.5) is 4.39 Å². The molecular formula is C14H18FNO3S2. The quantitative estimate of drug-likeness (QED) is 0.815. The van der Waals surface area contributed by atoms with Crippen molar-refractivity contribution in [2.24, 2.45) is 0 Å². The third-order valence-electron chi connectivity index (χ3n) is 3.41. The first-order chi connectivity index (χ1) is 9.88. The highest BCUT2D eigenvalue weighted by molar-refractivity contribution is 8.00. The third-order valence-corrected chi connectivity index (χ3v) is 6.10. The molecule has 1 aromatic carbocycles. The SMILES string of the molecule is CS(=O)(=O)C1CSCCN1CC(=O)Cc1ccccc1F. The predicted octanol–water partition coefficient (Wildman–Crippen LogP) is 1.36. The molecule has 7 heteroatoms. The third kappa shape index (κ3) is 4.52. The number of Topliss-reactive ketones (excluding diaryl/α,β-unsaturated/α-hetero) is 1. The number of carbonyl (C=O) groups excluding carboxylic acids is 1. The number of halogens is 1. The Morgan fingerprint density at radius 2 is 2.14 bits per heavy atom. The molecular weight excluding hydrogens is 313 g/mol. The number of nitrogens with zero attached hydrogens (tertiary/aromatic N) is 1. The Morgan fingerprint density at radius 3 is 2.81 bits per heavy atom. The van der Waals surface area contributed by atoms with Crippen LogP contribution in [0.2, 0.25) is 0 Å². The molecule has 0 aromatic heterocycles. The van der Waals surface area contributed by atoms with Crippen LogP contribution in [0.5, 0.6) is 0 Å². The van der Waals surface area contributed by atoms with Crippen molar-refractivity contribution in [1.82, 2.24) is 4.90 Å². The lowest BCUT2D eigenvalue weighted by Crippen LogP contribution is -2.49. The molecule has 1 aliphatic rings. The van der Waals surface area contributed by atoms with Crippen LogP contribution in [0.25, 0.3) is 0 Å². The molecule has 1 saturated heterocycles. The van der Waals surface area contributed by atoms with Gasteiger partial charge >= 0.3 is 0 Å². The summed E-state index contributed by atoms with van der Waals surface area (Å²) in [6.07, 6.45) is 1.19. The number of hydrogen-bond donors (Lipinski definition) is 0. The van der Waals surface area contributed by atoms with E-state index in [1.807, 2.05) is 0 Å². The maximum atomic E-state index is 13.5. The molecule has 116 valence electrons. The number of hydrogen-bond acceptors (Lipinski definition) is 5. The van der Waals surface area contributed by atoms with E-state index in [9.17, 15) is 17.6 Å². The Hall–Kier alpha value is -0.920. The molecule has 1 aliphatic heterocycles. The lowest BCUT2D eigenvalue weighted by Gasteiger charge is -2.33. The molecule has 2 rings (SSSR count). The van der Waals surface area contributed by atoms with Crippen molar-refractivity contribution < 1.29 is 17.6 Å². The second-order valence-electron chi connectivity index (χ2n) is 5.14. The molecule has 1 atom stereocenters. The summed E-state index contributed by atoms with van der Waals surface area (Å²) in [6.45, 7) is 0.609. The van der Waals surface area contributed by atoms with Gasteiger partial charge in [0.15, 0.2) is 15.6 Å². The summed E-state index contributed by atoms with van der Waals surface area (Å²) in [7, 11) is -3.22. The maximum absolute atomic E-state index is 13.5. The van der Waals surface area contributed by atoms with E-state index in [4.69, 9.17) is 0 Å². The van der Waals surface area contributed by atoms with Gasteiger partial charge in [-0.3, -0.25) is 9.69 Å². The van der Waals surface area contributed by atoms with E-state index in [2.05, 4.69) is 0 Å². The zero-order chi connectivity index (χ0) is 15.5. The largest absolute Gasteiger partial charge is 0.298 e. The minimum Gasteiger partial charge on any atom is -0.298 e. The van der Waals surface area contributed by atoms with Crippen LogP contribution in [0, 0.1) is 5.82 Å². The van der Waals surface area contributed by atoms with E-state index in [0.29, 0.717) is 17.9 Å². The molecule has 1 heterocycles. The van der Waals surface area contributed by atoms with Gasteiger partial charge in [0.1, 0.15) is 11.2 Å². The highest BCUT2D eigenvalue weighted by Crippen LogP contribution is 2.20. The normalized spacial score (nSPS) is 20.4. The summed E-state index contributed by atoms with van der Waals surface area (Å²) in [4.78, 5) is 13.8. The minimum atomic E-state index is -3.22. The number of ketones is 1. The van der Waals surface area contributed by atoms with Gasteiger partial charge in [-0.05, 0) is 11.6 Å². The highest BCUT2D eigenvalue weighted by Gasteiger charge is 2.31. The molecule has 0 N–H and O–H groups in total. The van der Waals surface area contributed by atoms with Crippen LogP contribution in [0.3, 0.4) is 0 Å². The number of benzene rings is 1. The van der Waals surface area contributed by atoms with Crippen LogP contribution in [-0.4, -0.2) is 55.3 Å². The number of carbonyl (C=O) groups is 1. The van der Waals surface area contributed by atoms with Crippen LogP contribution < -0.4 is 0 Å². The summed E-state index contributed by atoms with van der Waals surface area (Å²) in [5.41, 5.74) is 0.352. The lowest BCUT2D eigenvalue weighted by atomic mass is 10.1. The van der Waals surface area contributed by atoms with Crippen molar-refractivity contribution in [3.63, 3.8) is 0 Å². The molecule has 0 amide bonds. The Bertz CT molecular complexity index is 618. The fourth-order valence-electron chi connectivity index (χ4n) is 2.33. The molecule has 0 aliphatic carbocycles. The summed E-state index contributed by atoms with van der Waals surface area (Å²) in [5.74, 6) is 0.713. The van der Waals surface area contributed by atoms with E-state index in [-0.39, 0.29) is 18.7 Å². The Kier molecular flexibility index (Phi) is 5.40. The molecule has 0 radical (unpaired) electrons. The van der Waals surface area contributed by atoms with E-state index in [0.717, 1.165) is 5.75 Å². The number of sulfone groups is 1. The van der Waals surface area contributed by atoms with Gasteiger partial charge in [0, 0.05) is 30.7 Å². The van der Waals surface area contributed by atoms with Gasteiger partial charge in [-0.15, -0.1) is 0 Å². The highest BCUT2D eigenvalue weighted by atomic mass is 32.2.